The van der Waals surface area contributed by atoms with Crippen molar-refractivity contribution in [3.8, 4) is 11.8 Å². The van der Waals surface area contributed by atoms with Gasteiger partial charge < -0.3 is 9.47 Å². The summed E-state index contributed by atoms with van der Waals surface area (Å²) in [5.74, 6) is 5.93. The van der Waals surface area contributed by atoms with Crippen LogP contribution in [0.5, 0.6) is 11.8 Å². The molecule has 0 amide bonds. The van der Waals surface area contributed by atoms with Gasteiger partial charge in [-0.05, 0) is 13.8 Å². The highest BCUT2D eigenvalue weighted by Gasteiger charge is 2.42. The molecule has 1 unspecified atom stereocenters. The van der Waals surface area contributed by atoms with Crippen molar-refractivity contribution in [2.24, 2.45) is 5.84 Å². The predicted molar refractivity (Wildman–Crippen MR) is 74.1 cm³/mol. The van der Waals surface area contributed by atoms with Crippen molar-refractivity contribution in [3.63, 3.8) is 0 Å². The van der Waals surface area contributed by atoms with Gasteiger partial charge in [-0.25, -0.2) is 18.8 Å². The van der Waals surface area contributed by atoms with E-state index in [-0.39, 0.29) is 11.8 Å². The van der Waals surface area contributed by atoms with Crippen molar-refractivity contribution in [1.82, 2.24) is 15.4 Å². The molecule has 0 spiro atoms. The highest BCUT2D eigenvalue weighted by molar-refractivity contribution is 7.92. The van der Waals surface area contributed by atoms with Crippen LogP contribution in [0.4, 0.5) is 0 Å². The van der Waals surface area contributed by atoms with Gasteiger partial charge in [0.2, 0.25) is 11.8 Å². The summed E-state index contributed by atoms with van der Waals surface area (Å²) in [6.45, 7) is 3.11. The molecule has 0 bridgehead atoms. The predicted octanol–water partition coefficient (Wildman–Crippen LogP) is -0.179. The molecule has 1 aromatic heterocycles. The fourth-order valence-corrected chi connectivity index (χ4v) is 2.24. The van der Waals surface area contributed by atoms with E-state index in [4.69, 9.17) is 15.3 Å². The maximum atomic E-state index is 11.9. The molecule has 1 heterocycles. The van der Waals surface area contributed by atoms with Crippen LogP contribution in [0, 0.1) is 0 Å². The zero-order valence-corrected chi connectivity index (χ0v) is 13.0. The molecule has 3 N–H and O–H groups in total. The van der Waals surface area contributed by atoms with E-state index in [2.05, 4.69) is 15.4 Å². The van der Waals surface area contributed by atoms with E-state index in [1.807, 2.05) is 0 Å². The molecule has 1 aromatic rings. The minimum Gasteiger partial charge on any atom is -0.480 e. The Morgan fingerprint density at radius 3 is 2.35 bits per heavy atom. The van der Waals surface area contributed by atoms with Gasteiger partial charge in [-0.15, -0.1) is 0 Å². The van der Waals surface area contributed by atoms with Gasteiger partial charge in [-0.3, -0.25) is 5.84 Å². The molecule has 0 saturated carbocycles. The lowest BCUT2D eigenvalue weighted by molar-refractivity contribution is 0.338. The second-order valence-corrected chi connectivity index (χ2v) is 7.38. The summed E-state index contributed by atoms with van der Waals surface area (Å²) < 4.78 is 32.8. The van der Waals surface area contributed by atoms with E-state index in [0.29, 0.717) is 5.69 Å². The molecule has 1 rings (SSSR count). The molecular weight excluding hydrogens is 284 g/mol. The summed E-state index contributed by atoms with van der Waals surface area (Å²) in [5.41, 5.74) is 2.77. The summed E-state index contributed by atoms with van der Waals surface area (Å²) in [5, 5.41) is 0. The minimum absolute atomic E-state index is 0.157. The van der Waals surface area contributed by atoms with Crippen LogP contribution < -0.4 is 20.7 Å². The third kappa shape index (κ3) is 3.00. The number of nitrogens with two attached hydrogens (primary N) is 1. The molecule has 8 nitrogen and oxygen atoms in total. The van der Waals surface area contributed by atoms with Crippen LogP contribution in [-0.2, 0) is 9.84 Å². The number of hydrogen-bond donors (Lipinski definition) is 2. The fraction of sp³-hybridized carbons (Fsp3) is 0.636. The van der Waals surface area contributed by atoms with Gasteiger partial charge >= 0.3 is 0 Å². The molecule has 20 heavy (non-hydrogen) atoms. The average Bonchev–Trinajstić information content (AvgIpc) is 2.38. The van der Waals surface area contributed by atoms with Gasteiger partial charge in [-0.2, -0.15) is 4.98 Å². The normalized spacial score (nSPS) is 13.9. The highest BCUT2D eigenvalue weighted by atomic mass is 32.2. The molecular formula is C11H20N4O4S. The summed E-state index contributed by atoms with van der Waals surface area (Å²) >= 11 is 0. The number of nitrogens with zero attached hydrogens (tertiary/aromatic N) is 2. The standard InChI is InChI=1S/C11H20N4O4S/c1-11(2,20(5,16)17)9(15-12)8-10(19-4)14-7(18-3)6-13-8/h6,9,15H,12H2,1-5H3. The van der Waals surface area contributed by atoms with E-state index in [1.165, 1.54) is 20.4 Å². The molecule has 0 aliphatic heterocycles. The number of ether oxygens (including phenoxy) is 2. The van der Waals surface area contributed by atoms with Crippen molar-refractivity contribution in [3.05, 3.63) is 11.9 Å². The second kappa shape index (κ2) is 5.90. The topological polar surface area (TPSA) is 116 Å². The van der Waals surface area contributed by atoms with Crippen molar-refractivity contribution in [2.75, 3.05) is 20.5 Å². The zero-order valence-electron chi connectivity index (χ0n) is 12.2. The van der Waals surface area contributed by atoms with E-state index in [1.54, 1.807) is 13.8 Å². The smallest absolute Gasteiger partial charge is 0.240 e. The Hall–Kier alpha value is -1.45. The van der Waals surface area contributed by atoms with E-state index < -0.39 is 20.6 Å². The van der Waals surface area contributed by atoms with Crippen molar-refractivity contribution >= 4 is 9.84 Å². The molecule has 0 aliphatic carbocycles. The van der Waals surface area contributed by atoms with E-state index >= 15 is 0 Å². The van der Waals surface area contributed by atoms with Crippen LogP contribution in [-0.4, -0.2) is 43.6 Å². The lowest BCUT2D eigenvalue weighted by atomic mass is 10.0. The monoisotopic (exact) mass is 304 g/mol. The molecule has 114 valence electrons. The van der Waals surface area contributed by atoms with Crippen LogP contribution in [0.2, 0.25) is 0 Å². The molecule has 0 radical (unpaired) electrons. The number of sulfone groups is 1. The molecule has 9 heteroatoms. The third-order valence-electron chi connectivity index (χ3n) is 3.24. The number of rotatable bonds is 6. The average molecular weight is 304 g/mol. The maximum Gasteiger partial charge on any atom is 0.240 e. The Morgan fingerprint density at radius 2 is 1.95 bits per heavy atom. The summed E-state index contributed by atoms with van der Waals surface area (Å²) in [6.07, 6.45) is 2.52. The largest absolute Gasteiger partial charge is 0.480 e. The SMILES string of the molecule is COc1cnc(C(NN)C(C)(C)S(C)(=O)=O)c(OC)n1. The van der Waals surface area contributed by atoms with Crippen LogP contribution in [0.15, 0.2) is 6.20 Å². The van der Waals surface area contributed by atoms with Crippen LogP contribution >= 0.6 is 0 Å². The third-order valence-corrected chi connectivity index (χ3v) is 5.39. The van der Waals surface area contributed by atoms with Gasteiger partial charge in [0.25, 0.3) is 0 Å². The zero-order chi connectivity index (χ0) is 15.6. The molecule has 0 saturated heterocycles. The van der Waals surface area contributed by atoms with E-state index in [0.717, 1.165) is 6.26 Å². The Labute approximate surface area is 118 Å². The van der Waals surface area contributed by atoms with Gasteiger partial charge in [0, 0.05) is 6.26 Å². The lowest BCUT2D eigenvalue weighted by Gasteiger charge is -2.31. The van der Waals surface area contributed by atoms with E-state index in [9.17, 15) is 8.42 Å². The number of aromatic nitrogens is 2. The van der Waals surface area contributed by atoms with Gasteiger partial charge in [0.15, 0.2) is 9.84 Å². The van der Waals surface area contributed by atoms with Gasteiger partial charge in [-0.1, -0.05) is 0 Å². The quantitative estimate of drug-likeness (QED) is 0.549. The highest BCUT2D eigenvalue weighted by Crippen LogP contribution is 2.34. The number of methoxy groups -OCH3 is 2. The van der Waals surface area contributed by atoms with Crippen molar-refractivity contribution < 1.29 is 17.9 Å². The summed E-state index contributed by atoms with van der Waals surface area (Å²) in [4.78, 5) is 8.23. The van der Waals surface area contributed by atoms with Crippen molar-refractivity contribution in [1.29, 1.82) is 0 Å². The molecule has 1 atom stereocenters. The second-order valence-electron chi connectivity index (χ2n) is 4.78. The van der Waals surface area contributed by atoms with Gasteiger partial charge in [0.1, 0.15) is 5.69 Å². The Morgan fingerprint density at radius 1 is 1.35 bits per heavy atom. The number of nitrogens with one attached hydrogen (secondary N) is 1. The van der Waals surface area contributed by atoms with Crippen LogP contribution in [0.3, 0.4) is 0 Å². The summed E-state index contributed by atoms with van der Waals surface area (Å²) in [7, 11) is -0.542. The Balaban J connectivity index is 3.40. The minimum atomic E-state index is -3.40. The number of hydrogen-bond acceptors (Lipinski definition) is 8. The first-order valence-corrected chi connectivity index (χ1v) is 7.68. The number of hydrazine groups is 1. The first-order valence-electron chi connectivity index (χ1n) is 5.79. The fourth-order valence-electron chi connectivity index (χ4n) is 1.64. The Bertz CT molecular complexity index is 574. The first kappa shape index (κ1) is 16.6. The molecule has 0 aromatic carbocycles. The lowest BCUT2D eigenvalue weighted by Crippen LogP contribution is -2.48. The van der Waals surface area contributed by atoms with Crippen LogP contribution in [0.25, 0.3) is 0 Å². The maximum absolute atomic E-state index is 11.9. The van der Waals surface area contributed by atoms with Gasteiger partial charge in [0.05, 0.1) is 31.2 Å². The Kier molecular flexibility index (Phi) is 4.90. The summed E-state index contributed by atoms with van der Waals surface area (Å²) in [6, 6.07) is -0.786. The molecule has 0 fully saturated rings. The van der Waals surface area contributed by atoms with Crippen LogP contribution in [0.1, 0.15) is 25.6 Å². The van der Waals surface area contributed by atoms with Crippen molar-refractivity contribution in [2.45, 2.75) is 24.6 Å². The molecule has 0 aliphatic rings. The first-order chi connectivity index (χ1) is 9.18.